The van der Waals surface area contributed by atoms with E-state index in [1.807, 2.05) is 0 Å². The molecule has 2 heterocycles. The average Bonchev–Trinajstić information content (AvgIpc) is 3.14. The van der Waals surface area contributed by atoms with Gasteiger partial charge in [-0.25, -0.2) is 9.79 Å². The average molecular weight is 551 g/mol. The molecule has 192 valence electrons. The lowest BCUT2D eigenvalue weighted by Gasteiger charge is -2.26. The second kappa shape index (κ2) is 10.3. The van der Waals surface area contributed by atoms with Crippen LogP contribution in [0.25, 0.3) is 6.08 Å². The second-order valence-electron chi connectivity index (χ2n) is 7.78. The number of benzene rings is 2. The molecule has 0 N–H and O–H groups in total. The van der Waals surface area contributed by atoms with Crippen molar-refractivity contribution in [1.82, 2.24) is 4.57 Å². The number of allylic oxidation sites excluding steroid dienone is 1. The van der Waals surface area contributed by atoms with Crippen LogP contribution in [0.3, 0.4) is 0 Å². The lowest BCUT2D eigenvalue weighted by atomic mass is 9.95. The number of halogens is 4. The fraction of sp³-hybridized carbons (Fsp3) is 0.200. The molecule has 37 heavy (non-hydrogen) atoms. The maximum Gasteiger partial charge on any atom is 0.434 e. The Kier molecular flexibility index (Phi) is 7.37. The zero-order valence-electron chi connectivity index (χ0n) is 19.3. The minimum absolute atomic E-state index is 0.0876. The van der Waals surface area contributed by atoms with Gasteiger partial charge in [-0.15, -0.1) is 0 Å². The molecule has 12 heteroatoms. The number of hydrogen-bond acceptors (Lipinski definition) is 7. The van der Waals surface area contributed by atoms with E-state index in [0.29, 0.717) is 16.3 Å². The van der Waals surface area contributed by atoms with Gasteiger partial charge in [-0.1, -0.05) is 47.2 Å². The van der Waals surface area contributed by atoms with Gasteiger partial charge in [0.2, 0.25) is 0 Å². The molecule has 4 rings (SSSR count). The third-order valence-electron chi connectivity index (χ3n) is 5.22. The zero-order valence-corrected chi connectivity index (χ0v) is 20.9. The van der Waals surface area contributed by atoms with Gasteiger partial charge in [0.25, 0.3) is 5.56 Å². The van der Waals surface area contributed by atoms with Crippen LogP contribution >= 0.6 is 22.9 Å². The van der Waals surface area contributed by atoms with Crippen molar-refractivity contribution in [2.24, 2.45) is 4.99 Å². The quantitative estimate of drug-likeness (QED) is 0.355. The molecule has 1 aliphatic rings. The van der Waals surface area contributed by atoms with Crippen LogP contribution in [0.5, 0.6) is 5.75 Å². The number of rotatable bonds is 5. The van der Waals surface area contributed by atoms with Crippen molar-refractivity contribution >= 4 is 41.0 Å². The summed E-state index contributed by atoms with van der Waals surface area (Å²) >= 11 is 6.71. The largest absolute Gasteiger partial charge is 0.463 e. The van der Waals surface area contributed by atoms with E-state index in [4.69, 9.17) is 21.1 Å². The summed E-state index contributed by atoms with van der Waals surface area (Å²) in [5.74, 6) is -1.43. The molecule has 0 spiro atoms. The van der Waals surface area contributed by atoms with E-state index in [9.17, 15) is 27.6 Å². The number of alkyl halides is 3. The standard InChI is InChI=1S/C25H18ClF3N2O5S/c1-3-35-23(34)19-20(15-6-8-16(26)9-7-15)31-22(33)18(37-24(31)30-21(19)25(27,28)29)12-14-4-10-17(11-5-14)36-13(2)32/h4-12,20H,3H2,1-2H3/b18-12-/t20-/m1/s1. The van der Waals surface area contributed by atoms with Crippen molar-refractivity contribution < 1.29 is 32.2 Å². The molecule has 0 unspecified atom stereocenters. The first-order valence-electron chi connectivity index (χ1n) is 10.8. The number of carbonyl (C=O) groups excluding carboxylic acids is 2. The number of carbonyl (C=O) groups is 2. The predicted molar refractivity (Wildman–Crippen MR) is 130 cm³/mol. The molecule has 0 fully saturated rings. The fourth-order valence-corrected chi connectivity index (χ4v) is 4.88. The first-order valence-corrected chi connectivity index (χ1v) is 12.0. The van der Waals surface area contributed by atoms with Crippen LogP contribution in [-0.4, -0.2) is 29.3 Å². The lowest BCUT2D eigenvalue weighted by Crippen LogP contribution is -2.41. The first-order chi connectivity index (χ1) is 17.5. The molecule has 0 radical (unpaired) electrons. The number of esters is 2. The van der Waals surface area contributed by atoms with Gasteiger partial charge in [-0.3, -0.25) is 14.2 Å². The molecule has 0 amide bonds. The van der Waals surface area contributed by atoms with Crippen molar-refractivity contribution in [2.75, 3.05) is 6.61 Å². The Morgan fingerprint density at radius 2 is 1.78 bits per heavy atom. The zero-order chi connectivity index (χ0) is 26.9. The maximum atomic E-state index is 14.1. The molecule has 7 nitrogen and oxygen atoms in total. The third-order valence-corrected chi connectivity index (χ3v) is 6.46. The van der Waals surface area contributed by atoms with Crippen molar-refractivity contribution in [3.63, 3.8) is 0 Å². The SMILES string of the molecule is CCOC(=O)C1=C(C(F)(F)F)N=c2s/c(=C\c3ccc(OC(C)=O)cc3)c(=O)n2[C@@H]1c1ccc(Cl)cc1. The Morgan fingerprint density at radius 3 is 2.35 bits per heavy atom. The molecule has 0 saturated carbocycles. The monoisotopic (exact) mass is 550 g/mol. The second-order valence-corrected chi connectivity index (χ2v) is 9.22. The van der Waals surface area contributed by atoms with Crippen molar-refractivity contribution in [1.29, 1.82) is 0 Å². The highest BCUT2D eigenvalue weighted by atomic mass is 35.5. The van der Waals surface area contributed by atoms with E-state index in [1.54, 1.807) is 12.1 Å². The van der Waals surface area contributed by atoms with E-state index < -0.39 is 41.0 Å². The van der Waals surface area contributed by atoms with E-state index in [1.165, 1.54) is 56.3 Å². The van der Waals surface area contributed by atoms with Crippen molar-refractivity contribution in [3.05, 3.63) is 95.6 Å². The summed E-state index contributed by atoms with van der Waals surface area (Å²) in [6.45, 7) is 2.55. The number of ether oxygens (including phenoxy) is 2. The van der Waals surface area contributed by atoms with Gasteiger partial charge in [-0.05, 0) is 48.4 Å². The van der Waals surface area contributed by atoms with Gasteiger partial charge < -0.3 is 9.47 Å². The van der Waals surface area contributed by atoms with Gasteiger partial charge in [-0.2, -0.15) is 13.2 Å². The molecule has 1 aliphatic heterocycles. The Bertz CT molecular complexity index is 1570. The van der Waals surface area contributed by atoms with Crippen LogP contribution < -0.4 is 19.6 Å². The van der Waals surface area contributed by atoms with Gasteiger partial charge in [0, 0.05) is 11.9 Å². The van der Waals surface area contributed by atoms with Crippen molar-refractivity contribution in [3.8, 4) is 5.75 Å². The number of hydrogen-bond donors (Lipinski definition) is 0. The summed E-state index contributed by atoms with van der Waals surface area (Å²) in [6.07, 6.45) is -3.52. The highest BCUT2D eigenvalue weighted by Crippen LogP contribution is 2.38. The van der Waals surface area contributed by atoms with Crippen LogP contribution in [0.4, 0.5) is 13.2 Å². The van der Waals surface area contributed by atoms with Crippen LogP contribution in [0.2, 0.25) is 5.02 Å². The normalized spacial score (nSPS) is 15.7. The molecule has 2 aromatic carbocycles. The fourth-order valence-electron chi connectivity index (χ4n) is 3.75. The summed E-state index contributed by atoms with van der Waals surface area (Å²) in [5, 5.41) is 0.325. The molecule has 1 atom stereocenters. The molecule has 0 bridgehead atoms. The summed E-state index contributed by atoms with van der Waals surface area (Å²) < 4.78 is 53.4. The van der Waals surface area contributed by atoms with Gasteiger partial charge in [0.05, 0.1) is 22.8 Å². The summed E-state index contributed by atoms with van der Waals surface area (Å²) in [4.78, 5) is 40.9. The molecular formula is C25H18ClF3N2O5S. The highest BCUT2D eigenvalue weighted by molar-refractivity contribution is 7.07. The summed E-state index contributed by atoms with van der Waals surface area (Å²) in [5.41, 5.74) is -2.10. The van der Waals surface area contributed by atoms with E-state index >= 15 is 0 Å². The van der Waals surface area contributed by atoms with Crippen LogP contribution in [-0.2, 0) is 14.3 Å². The Balaban J connectivity index is 1.95. The number of fused-ring (bicyclic) bond motifs is 1. The van der Waals surface area contributed by atoms with Gasteiger partial charge in [0.1, 0.15) is 5.75 Å². The molecular weight excluding hydrogens is 533 g/mol. The number of aromatic nitrogens is 1. The highest BCUT2D eigenvalue weighted by Gasteiger charge is 2.45. The third kappa shape index (κ3) is 5.52. The topological polar surface area (TPSA) is 87.0 Å². The minimum Gasteiger partial charge on any atom is -0.463 e. The Hall–Kier alpha value is -3.70. The number of thiazole rings is 1. The van der Waals surface area contributed by atoms with Crippen molar-refractivity contribution in [2.45, 2.75) is 26.1 Å². The van der Waals surface area contributed by atoms with Crippen LogP contribution in [0.1, 0.15) is 31.0 Å². The van der Waals surface area contributed by atoms with Gasteiger partial charge >= 0.3 is 18.1 Å². The first kappa shape index (κ1) is 26.4. The molecule has 3 aromatic rings. The van der Waals surface area contributed by atoms with E-state index in [2.05, 4.69) is 4.99 Å². The number of nitrogens with zero attached hydrogens (tertiary/aromatic N) is 2. The van der Waals surface area contributed by atoms with Crippen LogP contribution in [0.15, 0.2) is 69.6 Å². The Labute approximate surface area is 216 Å². The van der Waals surface area contributed by atoms with Crippen LogP contribution in [0, 0.1) is 0 Å². The van der Waals surface area contributed by atoms with E-state index in [0.717, 1.165) is 15.9 Å². The maximum absolute atomic E-state index is 14.1. The molecule has 1 aromatic heterocycles. The predicted octanol–water partition coefficient (Wildman–Crippen LogP) is 3.92. The molecule has 0 aliphatic carbocycles. The van der Waals surface area contributed by atoms with Gasteiger partial charge in [0.15, 0.2) is 10.5 Å². The smallest absolute Gasteiger partial charge is 0.434 e. The summed E-state index contributed by atoms with van der Waals surface area (Å²) in [6, 6.07) is 10.5. The Morgan fingerprint density at radius 1 is 1.14 bits per heavy atom. The minimum atomic E-state index is -4.99. The summed E-state index contributed by atoms with van der Waals surface area (Å²) in [7, 11) is 0. The molecule has 0 saturated heterocycles. The lowest BCUT2D eigenvalue weighted by molar-refractivity contribution is -0.140. The van der Waals surface area contributed by atoms with E-state index in [-0.39, 0.29) is 21.5 Å².